The van der Waals surface area contributed by atoms with Crippen LogP contribution in [0.15, 0.2) is 47.5 Å². The zero-order valence-corrected chi connectivity index (χ0v) is 20.6. The normalized spacial score (nSPS) is 16.7. The van der Waals surface area contributed by atoms with Gasteiger partial charge in [0.15, 0.2) is 6.17 Å². The molecule has 1 saturated heterocycles. The lowest BCUT2D eigenvalue weighted by molar-refractivity contribution is -0.137. The highest BCUT2D eigenvalue weighted by Crippen LogP contribution is 2.38. The van der Waals surface area contributed by atoms with Gasteiger partial charge in [-0.1, -0.05) is 40.9 Å². The van der Waals surface area contributed by atoms with Gasteiger partial charge in [-0.2, -0.15) is 13.2 Å². The smallest absolute Gasteiger partial charge is 0.416 e. The summed E-state index contributed by atoms with van der Waals surface area (Å²) in [6.07, 6.45) is -6.15. The van der Waals surface area contributed by atoms with Crippen molar-refractivity contribution in [3.8, 4) is 11.5 Å². The van der Waals surface area contributed by atoms with E-state index >= 15 is 0 Å². The summed E-state index contributed by atoms with van der Waals surface area (Å²) in [5.41, 5.74) is -0.973. The number of imide groups is 1. The molecule has 1 N–H and O–H groups in total. The average molecular weight is 554 g/mol. The van der Waals surface area contributed by atoms with Gasteiger partial charge in [0.1, 0.15) is 11.5 Å². The summed E-state index contributed by atoms with van der Waals surface area (Å²) in [6.45, 7) is 0. The second kappa shape index (κ2) is 10.00. The fourth-order valence-electron chi connectivity index (χ4n) is 3.11. The number of rotatable bonds is 6. The number of amides is 3. The highest BCUT2D eigenvalue weighted by atomic mass is 35.6. The van der Waals surface area contributed by atoms with Crippen LogP contribution in [0.3, 0.4) is 0 Å². The van der Waals surface area contributed by atoms with Crippen molar-refractivity contribution in [2.45, 2.75) is 16.1 Å². The van der Waals surface area contributed by atoms with Crippen LogP contribution in [0.25, 0.3) is 0 Å². The molecule has 0 bridgehead atoms. The van der Waals surface area contributed by atoms with Crippen LogP contribution in [0.2, 0.25) is 0 Å². The van der Waals surface area contributed by atoms with Crippen molar-refractivity contribution in [3.05, 3.63) is 48.0 Å². The standard InChI is InChI=1S/C21H18Cl3F3N4O4/c1-30-17(32)16(31(19(30)33)12-6-4-5-11(9-12)21(25,26)27)29-18(20(22,23)24)28-14-8-7-13(34-2)10-15(14)35-3/h4-10,18,28H,1-3H3. The minimum absolute atomic E-state index is 0.244. The van der Waals surface area contributed by atoms with Gasteiger partial charge in [0.2, 0.25) is 9.63 Å². The molecule has 0 aliphatic carbocycles. The predicted octanol–water partition coefficient (Wildman–Crippen LogP) is 5.33. The largest absolute Gasteiger partial charge is 0.497 e. The molecule has 2 aromatic rings. The van der Waals surface area contributed by atoms with Gasteiger partial charge in [-0.05, 0) is 30.3 Å². The van der Waals surface area contributed by atoms with Crippen molar-refractivity contribution < 1.29 is 32.2 Å². The lowest BCUT2D eigenvalue weighted by Gasteiger charge is -2.25. The number of hydrogen-bond donors (Lipinski definition) is 1. The van der Waals surface area contributed by atoms with Crippen molar-refractivity contribution in [1.82, 2.24) is 4.90 Å². The van der Waals surface area contributed by atoms with E-state index < -0.39 is 39.5 Å². The fraction of sp³-hybridized carbons (Fsp3) is 0.286. The Morgan fingerprint density at radius 3 is 2.29 bits per heavy atom. The molecular formula is C21H18Cl3F3N4O4. The Bertz CT molecular complexity index is 1170. The van der Waals surface area contributed by atoms with Gasteiger partial charge in [-0.3, -0.25) is 9.69 Å². The number of amidine groups is 1. The van der Waals surface area contributed by atoms with Crippen molar-refractivity contribution >= 4 is 64.0 Å². The van der Waals surface area contributed by atoms with Crippen LogP contribution in [0.4, 0.5) is 29.3 Å². The maximum Gasteiger partial charge on any atom is 0.416 e. The molecule has 1 heterocycles. The van der Waals surface area contributed by atoms with Gasteiger partial charge in [0.05, 0.1) is 31.2 Å². The summed E-state index contributed by atoms with van der Waals surface area (Å²) < 4.78 is 48.0. The Labute approximate surface area is 213 Å². The number of aliphatic imine (C=N–C) groups is 1. The van der Waals surface area contributed by atoms with E-state index in [-0.39, 0.29) is 11.4 Å². The molecular weight excluding hydrogens is 536 g/mol. The van der Waals surface area contributed by atoms with E-state index in [4.69, 9.17) is 44.3 Å². The van der Waals surface area contributed by atoms with Gasteiger partial charge >= 0.3 is 12.2 Å². The van der Waals surface area contributed by atoms with E-state index in [1.54, 1.807) is 12.1 Å². The zero-order chi connectivity index (χ0) is 26.1. The van der Waals surface area contributed by atoms with Crippen LogP contribution >= 0.6 is 34.8 Å². The number of likely N-dealkylation sites (N-methyl/N-ethyl adjacent to an activating group) is 1. The van der Waals surface area contributed by atoms with Gasteiger partial charge in [-0.25, -0.2) is 14.7 Å². The Morgan fingerprint density at radius 1 is 1.03 bits per heavy atom. The lowest BCUT2D eigenvalue weighted by Crippen LogP contribution is -2.38. The van der Waals surface area contributed by atoms with Crippen LogP contribution in [0, 0.1) is 0 Å². The van der Waals surface area contributed by atoms with Crippen LogP contribution in [-0.4, -0.2) is 53.9 Å². The molecule has 0 spiro atoms. The number of carbonyl (C=O) groups excluding carboxylic acids is 2. The molecule has 1 fully saturated rings. The van der Waals surface area contributed by atoms with E-state index in [0.717, 1.165) is 19.2 Å². The molecule has 3 rings (SSSR count). The van der Waals surface area contributed by atoms with E-state index in [9.17, 15) is 22.8 Å². The first kappa shape index (κ1) is 26.7. The van der Waals surface area contributed by atoms with E-state index in [0.29, 0.717) is 27.3 Å². The predicted molar refractivity (Wildman–Crippen MR) is 127 cm³/mol. The highest BCUT2D eigenvalue weighted by molar-refractivity contribution is 6.68. The molecule has 0 aromatic heterocycles. The summed E-state index contributed by atoms with van der Waals surface area (Å²) >= 11 is 18.3. The molecule has 1 aliphatic heterocycles. The number of nitrogens with zero attached hydrogens (tertiary/aromatic N) is 3. The zero-order valence-electron chi connectivity index (χ0n) is 18.4. The average Bonchev–Trinajstić information content (AvgIpc) is 3.01. The number of hydrogen-bond acceptors (Lipinski definition) is 6. The number of alkyl halides is 6. The molecule has 1 atom stereocenters. The van der Waals surface area contributed by atoms with Gasteiger partial charge in [0.25, 0.3) is 5.91 Å². The van der Waals surface area contributed by atoms with Crippen LogP contribution < -0.4 is 19.7 Å². The number of halogens is 6. The summed E-state index contributed by atoms with van der Waals surface area (Å²) in [4.78, 5) is 31.1. The number of carbonyl (C=O) groups is 2. The van der Waals surface area contributed by atoms with Gasteiger partial charge in [0, 0.05) is 13.1 Å². The van der Waals surface area contributed by atoms with Crippen LogP contribution in [-0.2, 0) is 11.0 Å². The molecule has 0 saturated carbocycles. The van der Waals surface area contributed by atoms with Crippen LogP contribution in [0.5, 0.6) is 11.5 Å². The molecule has 35 heavy (non-hydrogen) atoms. The third-order valence-corrected chi connectivity index (χ3v) is 5.50. The number of benzene rings is 2. The number of ether oxygens (including phenoxy) is 2. The third kappa shape index (κ3) is 5.68. The third-order valence-electron chi connectivity index (χ3n) is 4.88. The van der Waals surface area contributed by atoms with Gasteiger partial charge in [-0.15, -0.1) is 0 Å². The molecule has 1 unspecified atom stereocenters. The van der Waals surface area contributed by atoms with Crippen molar-refractivity contribution in [3.63, 3.8) is 0 Å². The van der Waals surface area contributed by atoms with Crippen molar-refractivity contribution in [2.75, 3.05) is 31.5 Å². The topological polar surface area (TPSA) is 83.5 Å². The quantitative estimate of drug-likeness (QED) is 0.386. The minimum atomic E-state index is -4.68. The SMILES string of the molecule is COc1ccc(NC(N=C2C(=O)N(C)C(=O)N2c2cccc(C(F)(F)F)c2)C(Cl)(Cl)Cl)c(OC)c1. The Morgan fingerprint density at radius 2 is 1.71 bits per heavy atom. The molecule has 2 aromatic carbocycles. The lowest BCUT2D eigenvalue weighted by atomic mass is 10.2. The second-order valence-electron chi connectivity index (χ2n) is 7.14. The Kier molecular flexibility index (Phi) is 7.63. The Hall–Kier alpha value is -2.89. The molecule has 0 radical (unpaired) electrons. The number of methoxy groups -OCH3 is 2. The molecule has 8 nitrogen and oxygen atoms in total. The van der Waals surface area contributed by atoms with Crippen molar-refractivity contribution in [1.29, 1.82) is 0 Å². The first-order chi connectivity index (χ1) is 16.3. The van der Waals surface area contributed by atoms with E-state index in [2.05, 4.69) is 10.3 Å². The Balaban J connectivity index is 2.09. The molecule has 14 heteroatoms. The molecule has 1 aliphatic rings. The van der Waals surface area contributed by atoms with Crippen LogP contribution in [0.1, 0.15) is 5.56 Å². The number of anilines is 2. The molecule has 188 valence electrons. The fourth-order valence-corrected chi connectivity index (χ4v) is 3.42. The summed E-state index contributed by atoms with van der Waals surface area (Å²) in [5.74, 6) is -0.703. The maximum absolute atomic E-state index is 13.2. The number of nitrogens with one attached hydrogen (secondary N) is 1. The molecule has 3 amide bonds. The maximum atomic E-state index is 13.2. The second-order valence-corrected chi connectivity index (χ2v) is 9.51. The summed E-state index contributed by atoms with van der Waals surface area (Å²) in [6, 6.07) is 7.59. The summed E-state index contributed by atoms with van der Waals surface area (Å²) in [5, 5.41) is 2.82. The highest BCUT2D eigenvalue weighted by Gasteiger charge is 2.44. The minimum Gasteiger partial charge on any atom is -0.497 e. The van der Waals surface area contributed by atoms with Gasteiger partial charge < -0.3 is 14.8 Å². The monoisotopic (exact) mass is 552 g/mol. The van der Waals surface area contributed by atoms with E-state index in [1.807, 2.05) is 0 Å². The first-order valence-electron chi connectivity index (χ1n) is 9.70. The summed E-state index contributed by atoms with van der Waals surface area (Å²) in [7, 11) is 4.00. The van der Waals surface area contributed by atoms with Crippen molar-refractivity contribution in [2.24, 2.45) is 4.99 Å². The number of urea groups is 1. The first-order valence-corrected chi connectivity index (χ1v) is 10.8. The van der Waals surface area contributed by atoms with E-state index in [1.165, 1.54) is 26.4 Å².